The van der Waals surface area contributed by atoms with Crippen LogP contribution in [0.15, 0.2) is 147 Å². The molecule has 0 fully saturated rings. The zero-order chi connectivity index (χ0) is 63.6. The van der Waals surface area contributed by atoms with Crippen molar-refractivity contribution in [1.29, 1.82) is 0 Å². The number of carbonyl (C=O) groups excluding carboxylic acids is 1. The average molecular weight is 1380 g/mol. The van der Waals surface area contributed by atoms with Crippen molar-refractivity contribution in [3.05, 3.63) is 167 Å². The van der Waals surface area contributed by atoms with Crippen molar-refractivity contribution in [3.63, 3.8) is 0 Å². The van der Waals surface area contributed by atoms with Crippen LogP contribution < -0.4 is 0 Å². The average Bonchev–Trinajstić information content (AvgIpc) is 0.734. The molecule has 10 aromatic rings. The minimum absolute atomic E-state index is 0. The Morgan fingerprint density at radius 1 is 0.545 bits per heavy atom. The quantitative estimate of drug-likeness (QED) is 0.0603. The van der Waals surface area contributed by atoms with Crippen molar-refractivity contribution >= 4 is 93.9 Å². The van der Waals surface area contributed by atoms with E-state index >= 15 is 0 Å². The van der Waals surface area contributed by atoms with Crippen molar-refractivity contribution in [3.8, 4) is 22.5 Å². The van der Waals surface area contributed by atoms with Crippen LogP contribution in [-0.2, 0) is 50.6 Å². The fourth-order valence-electron chi connectivity index (χ4n) is 13.0. The molecule has 0 spiro atoms. The summed E-state index contributed by atoms with van der Waals surface area (Å²) >= 11 is 3.80. The minimum Gasteiger partial charge on any atom is -0.512 e. The first-order valence-corrected chi connectivity index (χ1v) is 33.5. The van der Waals surface area contributed by atoms with Gasteiger partial charge in [-0.15, -0.1) is 58.6 Å². The molecule has 461 valence electrons. The maximum absolute atomic E-state index is 11.9. The Labute approximate surface area is 549 Å². The van der Waals surface area contributed by atoms with Gasteiger partial charge in [-0.2, -0.15) is 0 Å². The second kappa shape index (κ2) is 25.8. The third-order valence-electron chi connectivity index (χ3n) is 17.7. The van der Waals surface area contributed by atoms with E-state index in [4.69, 9.17) is 11.3 Å². The molecule has 2 aliphatic rings. The Hall–Kier alpha value is -5.82. The van der Waals surface area contributed by atoms with Gasteiger partial charge in [0, 0.05) is 71.1 Å². The number of rotatable bonds is 11. The molecule has 0 saturated carbocycles. The number of hydrogen-bond donors (Lipinski definition) is 1. The minimum atomic E-state index is -0.248. The molecule has 0 unspecified atom stereocenters. The fourth-order valence-corrected chi connectivity index (χ4v) is 15.5. The van der Waals surface area contributed by atoms with Crippen LogP contribution >= 0.6 is 23.5 Å². The SMILES string of the molecule is CCC(CC)C(=O)/C=C(\O)C(C)(CC)CC.Cc1ccc2c(CC(C)(C)C)c3c([c-]c2c1)-c1nccc2c1c(cc1c(CC(C)(C)C)cccc12)S3.[2H]c1cc2c3c(cc4c(CC(C)(C)C)cccc42)Sc2c([c-]c4ccccc4c2CC(C)(C)C)-c3n1.[Ir]. The summed E-state index contributed by atoms with van der Waals surface area (Å²) in [7, 11) is 0. The Kier molecular flexibility index (Phi) is 19.1. The number of aliphatic hydroxyl groups excluding tert-OH is 1. The molecule has 0 aliphatic carbocycles. The molecule has 0 bridgehead atoms. The van der Waals surface area contributed by atoms with E-state index in [1.807, 2.05) is 70.4 Å². The third kappa shape index (κ3) is 13.9. The van der Waals surface area contributed by atoms with Gasteiger partial charge in [0.05, 0.1) is 1.37 Å². The number of carbonyl (C=O) groups is 1. The maximum atomic E-state index is 11.9. The first-order chi connectivity index (χ1) is 41.4. The Morgan fingerprint density at radius 2 is 1.01 bits per heavy atom. The molecule has 0 atom stereocenters. The van der Waals surface area contributed by atoms with Crippen LogP contribution in [0.4, 0.5) is 0 Å². The van der Waals surface area contributed by atoms with Crippen molar-refractivity contribution in [2.24, 2.45) is 33.0 Å². The van der Waals surface area contributed by atoms with Gasteiger partial charge in [0.2, 0.25) is 0 Å². The van der Waals surface area contributed by atoms with Crippen molar-refractivity contribution < 1.29 is 31.4 Å². The largest absolute Gasteiger partial charge is 0.512 e. The van der Waals surface area contributed by atoms with Gasteiger partial charge in [-0.1, -0.05) is 223 Å². The van der Waals surface area contributed by atoms with Crippen LogP contribution in [0.1, 0.15) is 173 Å². The summed E-state index contributed by atoms with van der Waals surface area (Å²) in [6.45, 7) is 40.0. The predicted octanol–water partition coefficient (Wildman–Crippen LogP) is 23.9. The van der Waals surface area contributed by atoms with Crippen LogP contribution in [0, 0.1) is 52.0 Å². The molecule has 0 amide bonds. The molecule has 1 radical (unpaired) electrons. The van der Waals surface area contributed by atoms with E-state index in [1.54, 1.807) is 0 Å². The van der Waals surface area contributed by atoms with Gasteiger partial charge in [0.15, 0.2) is 5.78 Å². The smallest absolute Gasteiger partial charge is 0.162 e. The molecular weight excluding hydrogens is 1290 g/mol. The predicted molar refractivity (Wildman–Crippen MR) is 376 cm³/mol. The van der Waals surface area contributed by atoms with E-state index in [0.717, 1.165) is 84.5 Å². The first kappa shape index (κ1) is 65.1. The molecule has 1 N–H and O–H groups in total. The van der Waals surface area contributed by atoms with E-state index in [1.165, 1.54) is 108 Å². The third-order valence-corrected chi connectivity index (χ3v) is 20.1. The fraction of sp³-hybridized carbons (Fsp3) is 0.395. The number of aryl methyl sites for hydroxylation is 1. The van der Waals surface area contributed by atoms with Gasteiger partial charge in [-0.25, -0.2) is 0 Å². The van der Waals surface area contributed by atoms with Gasteiger partial charge < -0.3 is 5.11 Å². The monoisotopic (exact) mass is 1380 g/mol. The van der Waals surface area contributed by atoms with E-state index in [0.29, 0.717) is 6.17 Å². The van der Waals surface area contributed by atoms with Crippen molar-refractivity contribution in [2.75, 3.05) is 0 Å². The zero-order valence-electron chi connectivity index (χ0n) is 56.6. The summed E-state index contributed by atoms with van der Waals surface area (Å²) in [6, 6.07) is 45.4. The number of aliphatic hydroxyl groups is 1. The number of pyridine rings is 2. The van der Waals surface area contributed by atoms with Crippen LogP contribution in [0.3, 0.4) is 0 Å². The summed E-state index contributed by atoms with van der Waals surface area (Å²) in [4.78, 5) is 26.8. The molecule has 2 aromatic heterocycles. The van der Waals surface area contributed by atoms with Gasteiger partial charge >= 0.3 is 0 Å². The first-order valence-electron chi connectivity index (χ1n) is 32.4. The maximum Gasteiger partial charge on any atom is 0.162 e. The Bertz CT molecular complexity index is 4390. The Balaban J connectivity index is 0.000000170. The van der Waals surface area contributed by atoms with Gasteiger partial charge in [-0.3, -0.25) is 14.8 Å². The molecule has 8 aromatic carbocycles. The van der Waals surface area contributed by atoms with Crippen molar-refractivity contribution in [1.82, 2.24) is 9.97 Å². The number of hydrogen-bond acceptors (Lipinski definition) is 6. The standard InChI is InChI=1S/C34H34NS.C33H32NS.C14H26O2.Ir/c1-20-11-12-23-22(15-20)16-27-31-30-25(13-14-35-31)24-10-8-9-21(18-33(2,3)4)26(24)17-29(30)36-32(27)28(23)19-34(5,6)7;1-32(2,3)18-21-11-9-13-23-24-14-15-34-30-26-16-20-10-7-8-12-22(20)27(19-33(4,5)6)31(26)35-28(29(24)30)17-25(21)23;1-6-11(7-2)12(15)10-13(16)14(5,8-3)9-4;/h8-15,17H,18-19H2,1-7H3;7-15,17H,18-19H2,1-6H3;10-11,16H,6-9H2,1-5H3;/q2*-1;;/b;;13-10-;/i;15D;;. The van der Waals surface area contributed by atoms with Crippen LogP contribution in [0.5, 0.6) is 0 Å². The van der Waals surface area contributed by atoms with E-state index < -0.39 is 0 Å². The van der Waals surface area contributed by atoms with Gasteiger partial charge in [-0.05, 0) is 168 Å². The molecule has 4 heterocycles. The van der Waals surface area contributed by atoms with E-state index in [2.05, 4.69) is 199 Å². The summed E-state index contributed by atoms with van der Waals surface area (Å²) < 4.78 is 8.66. The molecule has 88 heavy (non-hydrogen) atoms. The van der Waals surface area contributed by atoms with Crippen LogP contribution in [0.2, 0.25) is 0 Å². The Morgan fingerprint density at radius 3 is 1.51 bits per heavy atom. The molecule has 2 aliphatic heterocycles. The van der Waals surface area contributed by atoms with Crippen LogP contribution in [0.25, 0.3) is 87.1 Å². The van der Waals surface area contributed by atoms with Gasteiger partial charge in [0.25, 0.3) is 0 Å². The second-order valence-corrected chi connectivity index (χ2v) is 32.1. The zero-order valence-corrected chi connectivity index (χ0v) is 59.6. The van der Waals surface area contributed by atoms with Crippen LogP contribution in [-0.4, -0.2) is 20.9 Å². The summed E-state index contributed by atoms with van der Waals surface area (Å²) in [5, 5.41) is 25.0. The molecular formula is C81H92IrN2O2S2-2. The topological polar surface area (TPSA) is 63.1 Å². The molecule has 12 rings (SSSR count). The second-order valence-electron chi connectivity index (χ2n) is 30.0. The summed E-state index contributed by atoms with van der Waals surface area (Å²) in [6.07, 6.45) is 11.2. The van der Waals surface area contributed by atoms with Gasteiger partial charge in [0.1, 0.15) is 5.76 Å². The number of fused-ring (bicyclic) bond motifs is 10. The number of aromatic nitrogens is 2. The normalized spacial score (nSPS) is 13.5. The van der Waals surface area contributed by atoms with E-state index in [-0.39, 0.29) is 64.6 Å². The summed E-state index contributed by atoms with van der Waals surface area (Å²) in [5.74, 6) is 0.366. The van der Waals surface area contributed by atoms with E-state index in [9.17, 15) is 9.90 Å². The molecule has 0 saturated heterocycles. The number of ketones is 1. The van der Waals surface area contributed by atoms with Crippen molar-refractivity contribution in [2.45, 2.75) is 196 Å². The number of nitrogens with zero attached hydrogens (tertiary/aromatic N) is 2. The molecule has 7 heteroatoms. The summed E-state index contributed by atoms with van der Waals surface area (Å²) in [5.41, 5.74) is 11.6. The number of benzene rings is 8. The number of allylic oxidation sites excluding steroid dienone is 2. The molecule has 4 nitrogen and oxygen atoms in total.